The molecule has 0 atom stereocenters. The zero-order valence-electron chi connectivity index (χ0n) is 17.2. The molecule has 1 amide bonds. The van der Waals surface area contributed by atoms with Crippen LogP contribution in [0.25, 0.3) is 33.1 Å². The second-order valence-corrected chi connectivity index (χ2v) is 7.77. The van der Waals surface area contributed by atoms with Gasteiger partial charge in [0.15, 0.2) is 17.1 Å². The summed E-state index contributed by atoms with van der Waals surface area (Å²) in [4.78, 5) is 22.3. The second kappa shape index (κ2) is 7.53. The van der Waals surface area contributed by atoms with E-state index in [0.717, 1.165) is 44.4 Å². The van der Waals surface area contributed by atoms with Crippen LogP contribution >= 0.6 is 0 Å². The molecule has 0 bridgehead atoms. The molecule has 0 saturated heterocycles. The topological polar surface area (TPSA) is 78.3 Å². The van der Waals surface area contributed by atoms with Crippen LogP contribution in [0.4, 0.5) is 0 Å². The Labute approximate surface area is 183 Å². The molecule has 158 valence electrons. The van der Waals surface area contributed by atoms with Gasteiger partial charge in [0.05, 0.1) is 16.6 Å². The number of ether oxygens (including phenoxy) is 2. The van der Waals surface area contributed by atoms with E-state index in [1.165, 1.54) is 0 Å². The summed E-state index contributed by atoms with van der Waals surface area (Å²) in [6.45, 7) is 1.19. The monoisotopic (exact) mass is 424 g/mol. The van der Waals surface area contributed by atoms with Crippen LogP contribution in [0.3, 0.4) is 0 Å². The van der Waals surface area contributed by atoms with Crippen molar-refractivity contribution in [3.05, 3.63) is 72.3 Å². The van der Waals surface area contributed by atoms with E-state index in [1.807, 2.05) is 60.7 Å². The molecule has 0 radical (unpaired) electrons. The molecule has 6 rings (SSSR count). The van der Waals surface area contributed by atoms with Crippen LogP contribution < -0.4 is 14.8 Å². The first-order valence-corrected chi connectivity index (χ1v) is 10.6. The number of nitrogens with zero attached hydrogens (tertiary/aromatic N) is 3. The summed E-state index contributed by atoms with van der Waals surface area (Å²) in [5, 5.41) is 4.04. The molecular weight excluding hydrogens is 404 g/mol. The number of aryl methyl sites for hydroxylation is 1. The van der Waals surface area contributed by atoms with Crippen LogP contribution in [-0.4, -0.2) is 27.2 Å². The van der Waals surface area contributed by atoms with E-state index in [9.17, 15) is 4.79 Å². The van der Waals surface area contributed by atoms with Crippen molar-refractivity contribution in [1.29, 1.82) is 0 Å². The molecule has 3 aromatic carbocycles. The Bertz CT molecular complexity index is 1490. The number of rotatable bonds is 5. The number of aromatic nitrogens is 3. The number of benzene rings is 3. The van der Waals surface area contributed by atoms with E-state index in [-0.39, 0.29) is 12.7 Å². The minimum atomic E-state index is -0.0256. The summed E-state index contributed by atoms with van der Waals surface area (Å²) in [6, 6.07) is 21.7. The van der Waals surface area contributed by atoms with Gasteiger partial charge in [0, 0.05) is 24.9 Å². The maximum atomic E-state index is 12.6. The molecule has 7 heteroatoms. The largest absolute Gasteiger partial charge is 0.454 e. The normalized spacial score (nSPS) is 12.6. The molecule has 0 aliphatic carbocycles. The Hall–Kier alpha value is -4.13. The standard InChI is InChI=1S/C25H20N4O3/c30-23(26-14-16-9-10-21-22(13-16)32-15-31-21)11-12-29-20-8-4-1-5-17(20)24-25(29)28-19-7-3-2-6-18(19)27-24/h1-10,13H,11-12,14-15H2,(H,26,30). The van der Waals surface area contributed by atoms with Gasteiger partial charge in [-0.3, -0.25) is 4.79 Å². The molecular formula is C25H20N4O3. The number of amides is 1. The maximum absolute atomic E-state index is 12.6. The number of carbonyl (C=O) groups excluding carboxylic acids is 1. The molecule has 5 aromatic rings. The van der Waals surface area contributed by atoms with Gasteiger partial charge in [-0.05, 0) is 35.9 Å². The van der Waals surface area contributed by atoms with E-state index < -0.39 is 0 Å². The number of carbonyl (C=O) groups is 1. The molecule has 1 aliphatic heterocycles. The van der Waals surface area contributed by atoms with E-state index >= 15 is 0 Å². The second-order valence-electron chi connectivity index (χ2n) is 7.77. The van der Waals surface area contributed by atoms with Crippen LogP contribution in [0, 0.1) is 0 Å². The molecule has 0 fully saturated rings. The minimum Gasteiger partial charge on any atom is -0.454 e. The lowest BCUT2D eigenvalue weighted by Crippen LogP contribution is -2.24. The zero-order chi connectivity index (χ0) is 21.5. The van der Waals surface area contributed by atoms with Gasteiger partial charge in [-0.2, -0.15) is 0 Å². The van der Waals surface area contributed by atoms with E-state index in [0.29, 0.717) is 25.3 Å². The molecule has 1 N–H and O–H groups in total. The first-order chi connectivity index (χ1) is 15.8. The summed E-state index contributed by atoms with van der Waals surface area (Å²) in [5.74, 6) is 1.43. The quantitative estimate of drug-likeness (QED) is 0.458. The Kier molecular flexibility index (Phi) is 4.38. The van der Waals surface area contributed by atoms with Gasteiger partial charge in [-0.25, -0.2) is 9.97 Å². The molecule has 7 nitrogen and oxygen atoms in total. The van der Waals surface area contributed by atoms with Crippen molar-refractivity contribution in [1.82, 2.24) is 19.9 Å². The molecule has 1 aliphatic rings. The first-order valence-electron chi connectivity index (χ1n) is 10.6. The Morgan fingerprint density at radius 3 is 2.62 bits per heavy atom. The van der Waals surface area contributed by atoms with Gasteiger partial charge in [-0.15, -0.1) is 0 Å². The van der Waals surface area contributed by atoms with Crippen LogP contribution in [0.1, 0.15) is 12.0 Å². The number of hydrogen-bond acceptors (Lipinski definition) is 5. The van der Waals surface area contributed by atoms with Gasteiger partial charge in [0.2, 0.25) is 12.7 Å². The summed E-state index contributed by atoms with van der Waals surface area (Å²) in [5.41, 5.74) is 5.37. The first kappa shape index (κ1) is 18.6. The fraction of sp³-hybridized carbons (Fsp3) is 0.160. The predicted octanol–water partition coefficient (Wildman–Crippen LogP) is 4.17. The summed E-state index contributed by atoms with van der Waals surface area (Å²) in [7, 11) is 0. The third-order valence-electron chi connectivity index (χ3n) is 5.75. The predicted molar refractivity (Wildman–Crippen MR) is 122 cm³/mol. The highest BCUT2D eigenvalue weighted by Crippen LogP contribution is 2.32. The van der Waals surface area contributed by atoms with Crippen LogP contribution in [0.15, 0.2) is 66.7 Å². The van der Waals surface area contributed by atoms with Crippen molar-refractivity contribution < 1.29 is 14.3 Å². The van der Waals surface area contributed by atoms with E-state index in [2.05, 4.69) is 16.0 Å². The Morgan fingerprint density at radius 1 is 0.938 bits per heavy atom. The lowest BCUT2D eigenvalue weighted by molar-refractivity contribution is -0.121. The fourth-order valence-corrected chi connectivity index (χ4v) is 4.16. The third kappa shape index (κ3) is 3.19. The SMILES string of the molecule is O=C(CCn1c2ccccc2c2nc3ccccc3nc21)NCc1ccc2c(c1)OCO2. The summed E-state index contributed by atoms with van der Waals surface area (Å²) < 4.78 is 12.8. The molecule has 32 heavy (non-hydrogen) atoms. The minimum absolute atomic E-state index is 0.0256. The summed E-state index contributed by atoms with van der Waals surface area (Å²) >= 11 is 0. The van der Waals surface area contributed by atoms with Gasteiger partial charge >= 0.3 is 0 Å². The zero-order valence-corrected chi connectivity index (χ0v) is 17.2. The molecule has 0 spiro atoms. The molecule has 2 aromatic heterocycles. The van der Waals surface area contributed by atoms with Crippen LogP contribution in [0.2, 0.25) is 0 Å². The van der Waals surface area contributed by atoms with Crippen molar-refractivity contribution in [3.63, 3.8) is 0 Å². The Balaban J connectivity index is 1.24. The molecule has 3 heterocycles. The Morgan fingerprint density at radius 2 is 1.72 bits per heavy atom. The smallest absolute Gasteiger partial charge is 0.231 e. The average Bonchev–Trinajstić information content (AvgIpc) is 3.42. The lowest BCUT2D eigenvalue weighted by Gasteiger charge is -2.09. The molecule has 0 saturated carbocycles. The van der Waals surface area contributed by atoms with Gasteiger partial charge in [0.1, 0.15) is 5.52 Å². The number of para-hydroxylation sites is 3. The van der Waals surface area contributed by atoms with Crippen LogP contribution in [0.5, 0.6) is 11.5 Å². The van der Waals surface area contributed by atoms with E-state index in [1.54, 1.807) is 0 Å². The van der Waals surface area contributed by atoms with Gasteiger partial charge in [0.25, 0.3) is 0 Å². The highest BCUT2D eigenvalue weighted by molar-refractivity contribution is 6.06. The van der Waals surface area contributed by atoms with Crippen molar-refractivity contribution in [2.45, 2.75) is 19.5 Å². The van der Waals surface area contributed by atoms with Crippen molar-refractivity contribution in [2.24, 2.45) is 0 Å². The van der Waals surface area contributed by atoms with Crippen molar-refractivity contribution in [2.75, 3.05) is 6.79 Å². The fourth-order valence-electron chi connectivity index (χ4n) is 4.16. The van der Waals surface area contributed by atoms with Gasteiger partial charge in [-0.1, -0.05) is 36.4 Å². The number of nitrogens with one attached hydrogen (secondary N) is 1. The average molecular weight is 424 g/mol. The van der Waals surface area contributed by atoms with Crippen molar-refractivity contribution >= 4 is 39.0 Å². The highest BCUT2D eigenvalue weighted by Gasteiger charge is 2.16. The number of fused-ring (bicyclic) bond motifs is 5. The van der Waals surface area contributed by atoms with Crippen molar-refractivity contribution in [3.8, 4) is 11.5 Å². The van der Waals surface area contributed by atoms with E-state index in [4.69, 9.17) is 19.4 Å². The third-order valence-corrected chi connectivity index (χ3v) is 5.75. The summed E-state index contributed by atoms with van der Waals surface area (Å²) in [6.07, 6.45) is 0.340. The van der Waals surface area contributed by atoms with Gasteiger partial charge < -0.3 is 19.4 Å². The number of hydrogen-bond donors (Lipinski definition) is 1. The van der Waals surface area contributed by atoms with Crippen LogP contribution in [-0.2, 0) is 17.9 Å². The highest BCUT2D eigenvalue weighted by atomic mass is 16.7. The molecule has 0 unspecified atom stereocenters. The lowest BCUT2D eigenvalue weighted by atomic mass is 10.2. The maximum Gasteiger partial charge on any atom is 0.231 e.